The first-order valence-corrected chi connectivity index (χ1v) is 9.82. The van der Waals surface area contributed by atoms with Crippen LogP contribution in [0.15, 0.2) is 43.5 Å². The summed E-state index contributed by atoms with van der Waals surface area (Å²) in [5.41, 5.74) is 2.76. The van der Waals surface area contributed by atoms with Crippen LogP contribution in [0.1, 0.15) is 24.7 Å². The molecule has 0 amide bonds. The van der Waals surface area contributed by atoms with Crippen LogP contribution in [-0.2, 0) is 6.42 Å². The van der Waals surface area contributed by atoms with Crippen LogP contribution in [-0.4, -0.2) is 43.0 Å². The number of nitrogens with zero attached hydrogens (tertiary/aromatic N) is 4. The molecule has 0 spiro atoms. The molecular weight excluding hydrogens is 450 g/mol. The van der Waals surface area contributed by atoms with E-state index in [0.717, 1.165) is 6.92 Å². The maximum absolute atomic E-state index is 12.9. The van der Waals surface area contributed by atoms with Gasteiger partial charge in [-0.05, 0) is 24.6 Å². The number of alkyl halides is 6. The molecule has 0 aliphatic heterocycles. The zero-order chi connectivity index (χ0) is 24.0. The highest BCUT2D eigenvalue weighted by Crippen LogP contribution is 2.31. The van der Waals surface area contributed by atoms with Gasteiger partial charge >= 0.3 is 12.4 Å². The number of aromatic amines is 1. The summed E-state index contributed by atoms with van der Waals surface area (Å²) in [7, 11) is 0. The van der Waals surface area contributed by atoms with Gasteiger partial charge in [0.2, 0.25) is 0 Å². The molecule has 1 unspecified atom stereocenters. The van der Waals surface area contributed by atoms with Gasteiger partial charge in [-0.2, -0.15) is 31.4 Å². The van der Waals surface area contributed by atoms with E-state index < -0.39 is 24.8 Å². The highest BCUT2D eigenvalue weighted by atomic mass is 19.4. The number of hydrogen-bond acceptors (Lipinski definition) is 4. The van der Waals surface area contributed by atoms with Gasteiger partial charge < -0.3 is 10.3 Å². The lowest BCUT2D eigenvalue weighted by atomic mass is 10.1. The monoisotopic (exact) mass is 468 g/mol. The van der Waals surface area contributed by atoms with Gasteiger partial charge in [0, 0.05) is 47.2 Å². The number of fused-ring (bicyclic) bond motifs is 2. The summed E-state index contributed by atoms with van der Waals surface area (Å²) in [4.78, 5) is 11.1. The summed E-state index contributed by atoms with van der Waals surface area (Å²) in [6.07, 6.45) is -3.91. The van der Waals surface area contributed by atoms with Gasteiger partial charge in [-0.25, -0.2) is 14.5 Å². The number of aryl methyl sites for hydroxylation is 1. The average molecular weight is 468 g/mol. The molecule has 33 heavy (non-hydrogen) atoms. The molecule has 1 atom stereocenters. The lowest BCUT2D eigenvalue weighted by Gasteiger charge is -2.19. The van der Waals surface area contributed by atoms with Gasteiger partial charge in [-0.3, -0.25) is 0 Å². The van der Waals surface area contributed by atoms with Crippen LogP contribution in [0, 0.1) is 0 Å². The Morgan fingerprint density at radius 3 is 2.67 bits per heavy atom. The van der Waals surface area contributed by atoms with E-state index in [9.17, 15) is 26.3 Å². The van der Waals surface area contributed by atoms with Crippen molar-refractivity contribution in [1.29, 1.82) is 0 Å². The third-order valence-corrected chi connectivity index (χ3v) is 5.15. The fourth-order valence-corrected chi connectivity index (χ4v) is 3.36. The maximum Gasteiger partial charge on any atom is 0.408 e. The van der Waals surface area contributed by atoms with Crippen molar-refractivity contribution >= 4 is 22.2 Å². The molecule has 2 N–H and O–H groups in total. The Morgan fingerprint density at radius 2 is 1.97 bits per heavy atom. The molecule has 6 nitrogen and oxygen atoms in total. The molecule has 0 fully saturated rings. The predicted octanol–water partition coefficient (Wildman–Crippen LogP) is 5.28. The van der Waals surface area contributed by atoms with E-state index in [-0.39, 0.29) is 17.9 Å². The molecule has 12 heteroatoms. The van der Waals surface area contributed by atoms with Crippen molar-refractivity contribution in [2.45, 2.75) is 38.2 Å². The van der Waals surface area contributed by atoms with Crippen LogP contribution in [0.2, 0.25) is 0 Å². The Balaban J connectivity index is 1.65. The van der Waals surface area contributed by atoms with E-state index in [2.05, 4.69) is 31.9 Å². The molecule has 0 aliphatic rings. The lowest BCUT2D eigenvalue weighted by molar-refractivity contribution is -0.148. The van der Waals surface area contributed by atoms with E-state index in [1.807, 2.05) is 0 Å². The van der Waals surface area contributed by atoms with Crippen molar-refractivity contribution in [2.75, 3.05) is 0 Å². The van der Waals surface area contributed by atoms with E-state index >= 15 is 0 Å². The minimum absolute atomic E-state index is 0.0721. The summed E-state index contributed by atoms with van der Waals surface area (Å²) in [5.74, 6) is 0.0721. The number of aromatic nitrogens is 5. The van der Waals surface area contributed by atoms with Crippen LogP contribution in [0.25, 0.3) is 33.4 Å². The predicted molar refractivity (Wildman–Crippen MR) is 110 cm³/mol. The maximum atomic E-state index is 12.9. The standard InChI is InChI=1S/C21H18F6N6/c1-11(31-12(2)21(25,26)27)14-10-30-33-6-4-13(7-17(14)33)15-8-29-19-16(15)9-28-18(32-19)3-5-20(22,23)24/h4,6-10,12,31H,1,3,5H2,2H3,(H,28,29,32). The van der Waals surface area contributed by atoms with E-state index in [4.69, 9.17) is 0 Å². The Morgan fingerprint density at radius 1 is 1.21 bits per heavy atom. The third-order valence-electron chi connectivity index (χ3n) is 5.15. The van der Waals surface area contributed by atoms with Crippen molar-refractivity contribution < 1.29 is 26.3 Å². The fourth-order valence-electron chi connectivity index (χ4n) is 3.36. The van der Waals surface area contributed by atoms with E-state index in [0.29, 0.717) is 33.2 Å². The molecule has 0 bridgehead atoms. The minimum atomic E-state index is -4.43. The largest absolute Gasteiger partial charge is 0.408 e. The van der Waals surface area contributed by atoms with Crippen LogP contribution < -0.4 is 5.32 Å². The van der Waals surface area contributed by atoms with Crippen LogP contribution >= 0.6 is 0 Å². The molecule has 4 heterocycles. The molecule has 0 saturated carbocycles. The zero-order valence-electron chi connectivity index (χ0n) is 17.2. The molecule has 0 radical (unpaired) electrons. The number of halogens is 6. The molecule has 0 aromatic carbocycles. The highest BCUT2D eigenvalue weighted by Gasteiger charge is 2.36. The second-order valence-corrected chi connectivity index (χ2v) is 7.56. The molecule has 0 aliphatic carbocycles. The normalized spacial score (nSPS) is 13.5. The van der Waals surface area contributed by atoms with E-state index in [1.54, 1.807) is 24.5 Å². The second-order valence-electron chi connectivity index (χ2n) is 7.56. The van der Waals surface area contributed by atoms with Crippen LogP contribution in [0.4, 0.5) is 26.3 Å². The Labute approximate surface area is 183 Å². The summed E-state index contributed by atoms with van der Waals surface area (Å²) < 4.78 is 77.6. The van der Waals surface area contributed by atoms with Gasteiger partial charge in [-0.1, -0.05) is 6.58 Å². The number of H-pyrrole nitrogens is 1. The summed E-state index contributed by atoms with van der Waals surface area (Å²) in [5, 5.41) is 7.10. The first kappa shape index (κ1) is 22.6. The zero-order valence-corrected chi connectivity index (χ0v) is 17.2. The topological polar surface area (TPSA) is 70.9 Å². The minimum Gasteiger partial charge on any atom is -0.374 e. The van der Waals surface area contributed by atoms with Gasteiger partial charge in [-0.15, -0.1) is 0 Å². The average Bonchev–Trinajstić information content (AvgIpc) is 3.34. The number of hydrogen-bond donors (Lipinski definition) is 2. The molecule has 4 aromatic heterocycles. The first-order chi connectivity index (χ1) is 15.4. The molecule has 0 saturated heterocycles. The van der Waals surface area contributed by atoms with Crippen molar-refractivity contribution in [2.24, 2.45) is 0 Å². The van der Waals surface area contributed by atoms with Crippen molar-refractivity contribution in [3.05, 3.63) is 54.9 Å². The number of pyridine rings is 1. The molecule has 174 valence electrons. The van der Waals surface area contributed by atoms with Crippen LogP contribution in [0.3, 0.4) is 0 Å². The summed E-state index contributed by atoms with van der Waals surface area (Å²) in [6.45, 7) is 4.71. The van der Waals surface area contributed by atoms with Gasteiger partial charge in [0.15, 0.2) is 0 Å². The Hall–Kier alpha value is -3.57. The second kappa shape index (κ2) is 8.09. The smallest absolute Gasteiger partial charge is 0.374 e. The van der Waals surface area contributed by atoms with Gasteiger partial charge in [0.05, 0.1) is 18.1 Å². The van der Waals surface area contributed by atoms with Crippen molar-refractivity contribution in [3.8, 4) is 11.1 Å². The molecular formula is C21H18F6N6. The lowest BCUT2D eigenvalue weighted by Crippen LogP contribution is -2.38. The number of rotatable bonds is 6. The van der Waals surface area contributed by atoms with Crippen molar-refractivity contribution in [1.82, 2.24) is 29.9 Å². The highest BCUT2D eigenvalue weighted by molar-refractivity contribution is 5.94. The quantitative estimate of drug-likeness (QED) is 0.378. The number of nitrogens with one attached hydrogen (secondary N) is 2. The van der Waals surface area contributed by atoms with Crippen molar-refractivity contribution in [3.63, 3.8) is 0 Å². The Bertz CT molecular complexity index is 1320. The third kappa shape index (κ3) is 4.78. The summed E-state index contributed by atoms with van der Waals surface area (Å²) in [6, 6.07) is 1.69. The molecule has 4 aromatic rings. The van der Waals surface area contributed by atoms with E-state index in [1.165, 1.54) is 16.9 Å². The SMILES string of the molecule is C=C(NC(C)C(F)(F)F)c1cnn2ccc(-c3c[nH]c4nc(CCC(F)(F)F)ncc34)cc12. The first-order valence-electron chi connectivity index (χ1n) is 9.82. The summed E-state index contributed by atoms with van der Waals surface area (Å²) >= 11 is 0. The van der Waals surface area contributed by atoms with Gasteiger partial charge in [0.25, 0.3) is 0 Å². The molecule has 4 rings (SSSR count). The fraction of sp³-hybridized carbons (Fsp3) is 0.286. The van der Waals surface area contributed by atoms with Gasteiger partial charge in [0.1, 0.15) is 17.5 Å². The Kier molecular flexibility index (Phi) is 5.54. The van der Waals surface area contributed by atoms with Crippen LogP contribution in [0.5, 0.6) is 0 Å².